The van der Waals surface area contributed by atoms with Crippen molar-refractivity contribution in [3.63, 3.8) is 0 Å². The molecule has 36 heavy (non-hydrogen) atoms. The lowest BCUT2D eigenvalue weighted by molar-refractivity contribution is -0.118. The van der Waals surface area contributed by atoms with Crippen LogP contribution in [0.4, 0.5) is 10.1 Å². The van der Waals surface area contributed by atoms with Gasteiger partial charge in [-0.25, -0.2) is 4.39 Å². The van der Waals surface area contributed by atoms with Crippen molar-refractivity contribution >= 4 is 34.7 Å². The Morgan fingerprint density at radius 1 is 1.31 bits per heavy atom. The van der Waals surface area contributed by atoms with Crippen molar-refractivity contribution in [2.24, 2.45) is 11.8 Å². The van der Waals surface area contributed by atoms with E-state index in [-0.39, 0.29) is 29.7 Å². The Bertz CT molecular complexity index is 1180. The molecule has 192 valence electrons. The molecule has 2 aromatic carbocycles. The van der Waals surface area contributed by atoms with Crippen LogP contribution in [0.2, 0.25) is 5.02 Å². The Kier molecular flexibility index (Phi) is 8.04. The van der Waals surface area contributed by atoms with Gasteiger partial charge in [0.1, 0.15) is 17.3 Å². The van der Waals surface area contributed by atoms with Gasteiger partial charge in [-0.3, -0.25) is 9.59 Å². The van der Waals surface area contributed by atoms with Crippen molar-refractivity contribution in [1.29, 1.82) is 0 Å². The van der Waals surface area contributed by atoms with Gasteiger partial charge in [0.2, 0.25) is 0 Å². The van der Waals surface area contributed by atoms with Gasteiger partial charge in [-0.05, 0) is 42.2 Å². The summed E-state index contributed by atoms with van der Waals surface area (Å²) in [5, 5.41) is 6.60. The quantitative estimate of drug-likeness (QED) is 0.493. The average Bonchev–Trinajstić information content (AvgIpc) is 2.81. The molecule has 0 saturated carbocycles. The standard InChI is InChI=1S/C27H31ClFN3O4/c1-4-18(11-30-10-16(2)3)20-7-19(28)5-6-24(20)35-14-17-12-32(13-17)27(34)21-8-23-25(9-22(21)29)36-15-26(33)31-23/h5-9,11,16-17,30H,4,10,12-15H2,1-3H3,(H,31,33)/b18-11+. The summed E-state index contributed by atoms with van der Waals surface area (Å²) in [4.78, 5) is 26.0. The summed E-state index contributed by atoms with van der Waals surface area (Å²) in [6, 6.07) is 8.04. The predicted molar refractivity (Wildman–Crippen MR) is 138 cm³/mol. The van der Waals surface area contributed by atoms with E-state index in [1.165, 1.54) is 6.07 Å². The number of likely N-dealkylation sites (tertiary alicyclic amines) is 1. The fourth-order valence-corrected chi connectivity index (χ4v) is 4.32. The molecule has 0 radical (unpaired) electrons. The van der Waals surface area contributed by atoms with E-state index in [0.29, 0.717) is 36.3 Å². The smallest absolute Gasteiger partial charge is 0.262 e. The number of ether oxygens (including phenoxy) is 2. The molecule has 2 aliphatic rings. The molecule has 7 nitrogen and oxygen atoms in total. The molecule has 2 aromatic rings. The molecular weight excluding hydrogens is 485 g/mol. The average molecular weight is 516 g/mol. The highest BCUT2D eigenvalue weighted by molar-refractivity contribution is 6.30. The molecule has 4 rings (SSSR count). The SMILES string of the molecule is CC/C(=C\NCC(C)C)c1cc(Cl)ccc1OCC1CN(C(=O)c2cc3c(cc2F)OCC(=O)N3)C1. The van der Waals surface area contributed by atoms with Crippen molar-refractivity contribution in [3.05, 3.63) is 58.5 Å². The van der Waals surface area contributed by atoms with Crippen LogP contribution in [-0.4, -0.2) is 49.6 Å². The number of anilines is 1. The Morgan fingerprint density at radius 2 is 2.08 bits per heavy atom. The van der Waals surface area contributed by atoms with E-state index < -0.39 is 11.7 Å². The first kappa shape index (κ1) is 25.8. The molecule has 0 spiro atoms. The van der Waals surface area contributed by atoms with Gasteiger partial charge in [0.05, 0.1) is 17.9 Å². The number of nitrogens with one attached hydrogen (secondary N) is 2. The van der Waals surface area contributed by atoms with Gasteiger partial charge < -0.3 is 25.0 Å². The molecule has 0 unspecified atom stereocenters. The van der Waals surface area contributed by atoms with Crippen LogP contribution in [-0.2, 0) is 4.79 Å². The summed E-state index contributed by atoms with van der Waals surface area (Å²) in [6.45, 7) is 8.41. The molecule has 0 aliphatic carbocycles. The van der Waals surface area contributed by atoms with Crippen molar-refractivity contribution in [2.45, 2.75) is 27.2 Å². The summed E-state index contributed by atoms with van der Waals surface area (Å²) >= 11 is 6.27. The van der Waals surface area contributed by atoms with Gasteiger partial charge in [-0.1, -0.05) is 32.4 Å². The molecule has 2 heterocycles. The van der Waals surface area contributed by atoms with Gasteiger partial charge in [0.15, 0.2) is 6.61 Å². The summed E-state index contributed by atoms with van der Waals surface area (Å²) < 4.78 is 25.9. The Hall–Kier alpha value is -3.26. The van der Waals surface area contributed by atoms with Gasteiger partial charge in [0.25, 0.3) is 11.8 Å². The van der Waals surface area contributed by atoms with Crippen LogP contribution >= 0.6 is 11.6 Å². The minimum atomic E-state index is -0.676. The lowest BCUT2D eigenvalue weighted by Gasteiger charge is -2.39. The number of carbonyl (C=O) groups excluding carboxylic acids is 2. The first-order valence-electron chi connectivity index (χ1n) is 12.2. The van der Waals surface area contributed by atoms with Crippen molar-refractivity contribution in [2.75, 3.05) is 38.2 Å². The van der Waals surface area contributed by atoms with E-state index in [0.717, 1.165) is 35.9 Å². The number of rotatable bonds is 9. The van der Waals surface area contributed by atoms with Crippen molar-refractivity contribution in [3.8, 4) is 11.5 Å². The number of halogens is 2. The highest BCUT2D eigenvalue weighted by Gasteiger charge is 2.34. The third kappa shape index (κ3) is 5.93. The number of allylic oxidation sites excluding steroid dienone is 1. The van der Waals surface area contributed by atoms with E-state index >= 15 is 0 Å². The number of hydrogen-bond donors (Lipinski definition) is 2. The van der Waals surface area contributed by atoms with Crippen LogP contribution in [0.1, 0.15) is 43.1 Å². The summed E-state index contributed by atoms with van der Waals surface area (Å²) in [5.74, 6) is 0.163. The number of amides is 2. The van der Waals surface area contributed by atoms with E-state index in [1.807, 2.05) is 18.3 Å². The second kappa shape index (κ2) is 11.2. The molecule has 0 bridgehead atoms. The molecular formula is C27H31ClFN3O4. The lowest BCUT2D eigenvalue weighted by Crippen LogP contribution is -2.52. The van der Waals surface area contributed by atoms with E-state index in [4.69, 9.17) is 21.1 Å². The van der Waals surface area contributed by atoms with Crippen molar-refractivity contribution in [1.82, 2.24) is 10.2 Å². The van der Waals surface area contributed by atoms with Gasteiger partial charge in [0, 0.05) is 48.4 Å². The zero-order valence-electron chi connectivity index (χ0n) is 20.7. The van der Waals surface area contributed by atoms with E-state index in [2.05, 4.69) is 31.4 Å². The maximum absolute atomic E-state index is 14.5. The van der Waals surface area contributed by atoms with Crippen LogP contribution in [0.3, 0.4) is 0 Å². The number of hydrogen-bond acceptors (Lipinski definition) is 5. The monoisotopic (exact) mass is 515 g/mol. The van der Waals surface area contributed by atoms with Crippen LogP contribution in [0.15, 0.2) is 36.5 Å². The summed E-state index contributed by atoms with van der Waals surface area (Å²) in [6.07, 6.45) is 2.83. The number of carbonyl (C=O) groups is 2. The maximum atomic E-state index is 14.5. The summed E-state index contributed by atoms with van der Waals surface area (Å²) in [7, 11) is 0. The third-order valence-electron chi connectivity index (χ3n) is 6.12. The predicted octanol–water partition coefficient (Wildman–Crippen LogP) is 4.96. The van der Waals surface area contributed by atoms with Crippen LogP contribution in [0.25, 0.3) is 5.57 Å². The normalized spacial score (nSPS) is 15.7. The van der Waals surface area contributed by atoms with E-state index in [9.17, 15) is 14.0 Å². The highest BCUT2D eigenvalue weighted by atomic mass is 35.5. The topological polar surface area (TPSA) is 79.9 Å². The zero-order valence-corrected chi connectivity index (χ0v) is 21.5. The molecule has 2 aliphatic heterocycles. The maximum Gasteiger partial charge on any atom is 0.262 e. The molecule has 0 atom stereocenters. The van der Waals surface area contributed by atoms with Gasteiger partial charge in [-0.2, -0.15) is 0 Å². The third-order valence-corrected chi connectivity index (χ3v) is 6.36. The largest absolute Gasteiger partial charge is 0.493 e. The second-order valence-corrected chi connectivity index (χ2v) is 9.95. The summed E-state index contributed by atoms with van der Waals surface area (Å²) in [5.41, 5.74) is 2.24. The number of fused-ring (bicyclic) bond motifs is 1. The highest BCUT2D eigenvalue weighted by Crippen LogP contribution is 2.33. The second-order valence-electron chi connectivity index (χ2n) is 9.52. The molecule has 9 heteroatoms. The molecule has 2 N–H and O–H groups in total. The Morgan fingerprint density at radius 3 is 2.81 bits per heavy atom. The fraction of sp³-hybridized carbons (Fsp3) is 0.407. The first-order valence-corrected chi connectivity index (χ1v) is 12.5. The van der Waals surface area contributed by atoms with Crippen molar-refractivity contribution < 1.29 is 23.5 Å². The number of benzene rings is 2. The number of nitrogens with zero attached hydrogens (tertiary/aromatic N) is 1. The Labute approximate surface area is 215 Å². The molecule has 0 aromatic heterocycles. The Balaban J connectivity index is 1.37. The molecule has 1 fully saturated rings. The lowest BCUT2D eigenvalue weighted by atomic mass is 9.99. The van der Waals surface area contributed by atoms with Crippen LogP contribution in [0.5, 0.6) is 11.5 Å². The van der Waals surface area contributed by atoms with Crippen LogP contribution < -0.4 is 20.1 Å². The van der Waals surface area contributed by atoms with Gasteiger partial charge >= 0.3 is 0 Å². The van der Waals surface area contributed by atoms with E-state index in [1.54, 1.807) is 11.0 Å². The minimum absolute atomic E-state index is 0.0921. The molecule has 1 saturated heterocycles. The van der Waals surface area contributed by atoms with Crippen LogP contribution in [0, 0.1) is 17.7 Å². The fourth-order valence-electron chi connectivity index (χ4n) is 4.15. The minimum Gasteiger partial charge on any atom is -0.493 e. The zero-order chi connectivity index (χ0) is 25.8. The van der Waals surface area contributed by atoms with Gasteiger partial charge in [-0.15, -0.1) is 0 Å². The first-order chi connectivity index (χ1) is 17.2. The molecule has 2 amide bonds.